The maximum Gasteiger partial charge on any atom is 0.304 e. The predicted octanol–water partition coefficient (Wildman–Crippen LogP) is 3.26. The molecule has 0 aliphatic heterocycles. The number of aliphatic carboxylic acids is 1. The van der Waals surface area contributed by atoms with Gasteiger partial charge in [0.05, 0.1) is 24.5 Å². The molecule has 0 aliphatic rings. The second-order valence-corrected chi connectivity index (χ2v) is 13.4. The molecule has 3 amide bonds. The summed E-state index contributed by atoms with van der Waals surface area (Å²) in [5.74, 6) is -6.35. The van der Waals surface area contributed by atoms with E-state index >= 15 is 0 Å². The van der Waals surface area contributed by atoms with Gasteiger partial charge in [0.25, 0.3) is 0 Å². The fourth-order valence-corrected chi connectivity index (χ4v) is 5.75. The molecule has 9 N–H and O–H groups in total. The number of aliphatic imine (C=N–C) groups is 1. The highest BCUT2D eigenvalue weighted by Crippen LogP contribution is 2.17. The molecular formula is C36H66N6O8. The molecule has 50 heavy (non-hydrogen) atoms. The standard InChI is InChI=1S/C36H66N6O8/c1-5-6-7-8-9-10-11-12-13-14-15-16-17-20-31(46)42-33(26(3)43)30(45)23-27(24-32(47)48)35(50)41-28(19-18-21-40-36(37)38)29(44)22-25(2)34(49)39-4/h25-28,33,43H,5-24H2,1-4H3,(H,39,49)(H,41,50)(H,42,46)(H,47,48)(H4,37,38,40)/t25-,26-,27+,28+,33+/m1/s1. The lowest BCUT2D eigenvalue weighted by molar-refractivity contribution is -0.143. The molecule has 0 spiro atoms. The first-order valence-corrected chi connectivity index (χ1v) is 18.5. The fourth-order valence-electron chi connectivity index (χ4n) is 5.75. The van der Waals surface area contributed by atoms with Crippen LogP contribution in [0, 0.1) is 11.8 Å². The minimum absolute atomic E-state index is 0.0983. The lowest BCUT2D eigenvalue weighted by Gasteiger charge is -2.24. The number of carboxylic acid groups (broad SMARTS) is 1. The number of ketones is 2. The van der Waals surface area contributed by atoms with Crippen molar-refractivity contribution in [2.75, 3.05) is 13.6 Å². The Morgan fingerprint density at radius 2 is 1.24 bits per heavy atom. The SMILES string of the molecule is CCCCCCCCCCCCCCCC(=O)N[C@H](C(=O)C[C@@H](CC(=O)O)C(=O)N[C@@H](CCCN=C(N)N)C(=O)C[C@@H](C)C(=O)NC)[C@@H](C)O. The first-order chi connectivity index (χ1) is 23.7. The van der Waals surface area contributed by atoms with Crippen molar-refractivity contribution in [3.63, 3.8) is 0 Å². The Labute approximate surface area is 298 Å². The summed E-state index contributed by atoms with van der Waals surface area (Å²) in [6.07, 6.45) is 12.9. The van der Waals surface area contributed by atoms with Gasteiger partial charge >= 0.3 is 5.97 Å². The number of amides is 3. The van der Waals surface area contributed by atoms with Crippen LogP contribution in [0.25, 0.3) is 0 Å². The number of guanidine groups is 1. The van der Waals surface area contributed by atoms with Crippen molar-refractivity contribution in [3.05, 3.63) is 0 Å². The molecule has 288 valence electrons. The van der Waals surface area contributed by atoms with Crippen molar-refractivity contribution in [1.82, 2.24) is 16.0 Å². The number of rotatable bonds is 31. The van der Waals surface area contributed by atoms with Crippen LogP contribution in [0.1, 0.15) is 143 Å². The second kappa shape index (κ2) is 28.2. The summed E-state index contributed by atoms with van der Waals surface area (Å²) in [5.41, 5.74) is 10.7. The molecule has 0 radical (unpaired) electrons. The number of aliphatic hydroxyl groups excluding tert-OH is 1. The van der Waals surface area contributed by atoms with E-state index in [2.05, 4.69) is 27.9 Å². The highest BCUT2D eigenvalue weighted by molar-refractivity contribution is 5.96. The van der Waals surface area contributed by atoms with E-state index in [0.29, 0.717) is 12.8 Å². The lowest BCUT2D eigenvalue weighted by atomic mass is 9.91. The van der Waals surface area contributed by atoms with Crippen LogP contribution in [-0.2, 0) is 28.8 Å². The van der Waals surface area contributed by atoms with Gasteiger partial charge in [0.1, 0.15) is 6.04 Å². The van der Waals surface area contributed by atoms with Gasteiger partial charge < -0.3 is 37.6 Å². The maximum absolute atomic E-state index is 13.3. The molecule has 0 saturated carbocycles. The Bertz CT molecular complexity index is 1060. The number of hydrogen-bond donors (Lipinski definition) is 7. The molecule has 0 aromatic heterocycles. The molecule has 0 saturated heterocycles. The summed E-state index contributed by atoms with van der Waals surface area (Å²) >= 11 is 0. The quantitative estimate of drug-likeness (QED) is 0.0315. The number of hydrogen-bond acceptors (Lipinski definition) is 8. The predicted molar refractivity (Wildman–Crippen MR) is 194 cm³/mol. The number of nitrogens with zero attached hydrogens (tertiary/aromatic N) is 1. The monoisotopic (exact) mass is 710 g/mol. The van der Waals surface area contributed by atoms with E-state index in [4.69, 9.17) is 11.5 Å². The largest absolute Gasteiger partial charge is 0.481 e. The number of nitrogens with two attached hydrogens (primary N) is 2. The lowest BCUT2D eigenvalue weighted by Crippen LogP contribution is -2.50. The zero-order chi connectivity index (χ0) is 37.9. The molecule has 14 heteroatoms. The molecular weight excluding hydrogens is 644 g/mol. The van der Waals surface area contributed by atoms with E-state index in [9.17, 15) is 39.0 Å². The third-order valence-electron chi connectivity index (χ3n) is 8.74. The number of unbranched alkanes of at least 4 members (excludes halogenated alkanes) is 12. The summed E-state index contributed by atoms with van der Waals surface area (Å²) in [7, 11) is 1.44. The minimum atomic E-state index is -1.39. The van der Waals surface area contributed by atoms with Gasteiger partial charge in [0.15, 0.2) is 17.5 Å². The van der Waals surface area contributed by atoms with Gasteiger partial charge in [-0.1, -0.05) is 90.9 Å². The second-order valence-electron chi connectivity index (χ2n) is 13.4. The van der Waals surface area contributed by atoms with E-state index in [1.165, 1.54) is 71.8 Å². The van der Waals surface area contributed by atoms with Crippen molar-refractivity contribution in [2.24, 2.45) is 28.3 Å². The third kappa shape index (κ3) is 23.0. The van der Waals surface area contributed by atoms with Crippen LogP contribution in [-0.4, -0.2) is 83.2 Å². The smallest absolute Gasteiger partial charge is 0.304 e. The number of aliphatic hydroxyl groups is 1. The fraction of sp³-hybridized carbons (Fsp3) is 0.806. The first-order valence-electron chi connectivity index (χ1n) is 18.5. The van der Waals surface area contributed by atoms with Crippen molar-refractivity contribution in [2.45, 2.75) is 161 Å². The van der Waals surface area contributed by atoms with Crippen LogP contribution in [0.3, 0.4) is 0 Å². The Morgan fingerprint density at radius 3 is 1.72 bits per heavy atom. The van der Waals surface area contributed by atoms with Crippen molar-refractivity contribution >= 4 is 41.2 Å². The number of carboxylic acids is 1. The van der Waals surface area contributed by atoms with Crippen LogP contribution < -0.4 is 27.4 Å². The van der Waals surface area contributed by atoms with Gasteiger partial charge in [-0.05, 0) is 26.2 Å². The van der Waals surface area contributed by atoms with Crippen molar-refractivity contribution in [1.29, 1.82) is 0 Å². The molecule has 0 bridgehead atoms. The Kier molecular flexibility index (Phi) is 26.2. The van der Waals surface area contributed by atoms with E-state index < -0.39 is 72.2 Å². The molecule has 0 aromatic rings. The molecule has 0 aromatic carbocycles. The molecule has 5 atom stereocenters. The molecule has 0 fully saturated rings. The molecule has 0 heterocycles. The average Bonchev–Trinajstić information content (AvgIpc) is 3.05. The number of nitrogens with one attached hydrogen (secondary N) is 3. The van der Waals surface area contributed by atoms with Gasteiger partial charge in [0.2, 0.25) is 17.7 Å². The van der Waals surface area contributed by atoms with Crippen LogP contribution in [0.15, 0.2) is 4.99 Å². The van der Waals surface area contributed by atoms with E-state index in [-0.39, 0.29) is 37.7 Å². The summed E-state index contributed by atoms with van der Waals surface area (Å²) in [6.45, 7) is 5.28. The number of Topliss-reactive ketones (excluding diaryl/α,β-unsaturated/α-hetero) is 2. The summed E-state index contributed by atoms with van der Waals surface area (Å²) in [5, 5.41) is 27.4. The average molecular weight is 711 g/mol. The third-order valence-corrected chi connectivity index (χ3v) is 8.74. The van der Waals surface area contributed by atoms with Gasteiger partial charge in [0, 0.05) is 38.8 Å². The van der Waals surface area contributed by atoms with Crippen LogP contribution >= 0.6 is 0 Å². The summed E-state index contributed by atoms with van der Waals surface area (Å²) in [6, 6.07) is -2.43. The van der Waals surface area contributed by atoms with Crippen molar-refractivity contribution in [3.8, 4) is 0 Å². The van der Waals surface area contributed by atoms with Gasteiger partial charge in [-0.15, -0.1) is 0 Å². The van der Waals surface area contributed by atoms with Gasteiger partial charge in [-0.2, -0.15) is 0 Å². The highest BCUT2D eigenvalue weighted by Gasteiger charge is 2.33. The van der Waals surface area contributed by atoms with Crippen LogP contribution in [0.5, 0.6) is 0 Å². The Balaban J connectivity index is 5.13. The van der Waals surface area contributed by atoms with E-state index in [1.807, 2.05) is 0 Å². The Hall–Kier alpha value is -3.55. The highest BCUT2D eigenvalue weighted by atomic mass is 16.4. The number of carbonyl (C=O) groups is 6. The molecule has 0 aliphatic carbocycles. The van der Waals surface area contributed by atoms with Gasteiger partial charge in [-0.3, -0.25) is 33.8 Å². The van der Waals surface area contributed by atoms with E-state index in [1.54, 1.807) is 6.92 Å². The van der Waals surface area contributed by atoms with Crippen LogP contribution in [0.4, 0.5) is 0 Å². The topological polar surface area (TPSA) is 243 Å². The summed E-state index contributed by atoms with van der Waals surface area (Å²) < 4.78 is 0. The minimum Gasteiger partial charge on any atom is -0.481 e. The molecule has 14 nitrogen and oxygen atoms in total. The first kappa shape index (κ1) is 46.5. The van der Waals surface area contributed by atoms with Crippen molar-refractivity contribution < 1.29 is 39.0 Å². The zero-order valence-electron chi connectivity index (χ0n) is 31.0. The molecule has 0 unspecified atom stereocenters. The normalized spacial score (nSPS) is 14.0. The number of carbonyl (C=O) groups excluding carboxylic acids is 5. The maximum atomic E-state index is 13.3. The Morgan fingerprint density at radius 1 is 0.700 bits per heavy atom. The van der Waals surface area contributed by atoms with Gasteiger partial charge in [-0.25, -0.2) is 0 Å². The summed E-state index contributed by atoms with van der Waals surface area (Å²) in [4.78, 5) is 79.9. The zero-order valence-corrected chi connectivity index (χ0v) is 31.0. The van der Waals surface area contributed by atoms with Crippen LogP contribution in [0.2, 0.25) is 0 Å². The van der Waals surface area contributed by atoms with E-state index in [0.717, 1.165) is 19.3 Å². The molecule has 0 rings (SSSR count).